The molecule has 2 heterocycles. The number of hydrogen-bond donors (Lipinski definition) is 0. The van der Waals surface area contributed by atoms with Crippen LogP contribution >= 0.6 is 11.3 Å². The van der Waals surface area contributed by atoms with Gasteiger partial charge in [0.1, 0.15) is 10.8 Å². The van der Waals surface area contributed by atoms with E-state index < -0.39 is 0 Å². The molecule has 0 aliphatic carbocycles. The lowest BCUT2D eigenvalue weighted by molar-refractivity contribution is 0.102. The fourth-order valence-corrected chi connectivity index (χ4v) is 2.79. The molecule has 0 unspecified atom stereocenters. The van der Waals surface area contributed by atoms with Crippen molar-refractivity contribution in [3.05, 3.63) is 65.4 Å². The van der Waals surface area contributed by atoms with Crippen LogP contribution in [-0.4, -0.2) is 17.1 Å². The molecule has 1 aromatic carbocycles. The highest BCUT2D eigenvalue weighted by molar-refractivity contribution is 7.13. The summed E-state index contributed by atoms with van der Waals surface area (Å²) in [5.74, 6) is 0.847. The number of benzene rings is 1. The first-order valence-electron chi connectivity index (χ1n) is 6.91. The van der Waals surface area contributed by atoms with Gasteiger partial charge in [0.05, 0.1) is 31.7 Å². The van der Waals surface area contributed by atoms with Crippen molar-refractivity contribution < 1.29 is 9.47 Å². The van der Waals surface area contributed by atoms with Crippen LogP contribution in [0.1, 0.15) is 11.4 Å². The van der Waals surface area contributed by atoms with Gasteiger partial charge in [-0.1, -0.05) is 6.07 Å². The maximum absolute atomic E-state index is 5.65. The molecule has 5 heteroatoms. The lowest BCUT2D eigenvalue weighted by atomic mass is 10.2. The molecule has 0 radical (unpaired) electrons. The van der Waals surface area contributed by atoms with Gasteiger partial charge in [-0.05, 0) is 36.4 Å². The van der Waals surface area contributed by atoms with Crippen LogP contribution in [0.15, 0.2) is 54.0 Å². The second-order valence-electron chi connectivity index (χ2n) is 4.69. The molecule has 0 atom stereocenters. The SMILES string of the molecule is COc1ccc(-c2nc(COCc3ccccn3)cs2)cc1. The molecule has 0 saturated carbocycles. The van der Waals surface area contributed by atoms with Crippen LogP contribution in [0.4, 0.5) is 0 Å². The Morgan fingerprint density at radius 3 is 2.55 bits per heavy atom. The molecule has 0 fully saturated rings. The molecule has 2 aromatic heterocycles. The standard InChI is InChI=1S/C17H16N2O2S/c1-20-16-7-5-13(6-8-16)17-19-15(12-22-17)11-21-10-14-4-2-3-9-18-14/h2-9,12H,10-11H2,1H3. The van der Waals surface area contributed by atoms with Crippen molar-refractivity contribution >= 4 is 11.3 Å². The van der Waals surface area contributed by atoms with Crippen LogP contribution in [0.5, 0.6) is 5.75 Å². The van der Waals surface area contributed by atoms with Crippen molar-refractivity contribution in [2.24, 2.45) is 0 Å². The van der Waals surface area contributed by atoms with Crippen molar-refractivity contribution in [3.63, 3.8) is 0 Å². The summed E-state index contributed by atoms with van der Waals surface area (Å²) in [6.45, 7) is 0.986. The zero-order valence-electron chi connectivity index (χ0n) is 12.2. The van der Waals surface area contributed by atoms with Crippen molar-refractivity contribution in [2.75, 3.05) is 7.11 Å². The van der Waals surface area contributed by atoms with Gasteiger partial charge in [-0.15, -0.1) is 11.3 Å². The normalized spacial score (nSPS) is 10.6. The lowest BCUT2D eigenvalue weighted by Gasteiger charge is -2.01. The molecule has 0 amide bonds. The highest BCUT2D eigenvalue weighted by Gasteiger charge is 2.05. The summed E-state index contributed by atoms with van der Waals surface area (Å²) in [7, 11) is 1.66. The van der Waals surface area contributed by atoms with Crippen LogP contribution in [0, 0.1) is 0 Å². The van der Waals surface area contributed by atoms with Gasteiger partial charge in [0.15, 0.2) is 0 Å². The second kappa shape index (κ2) is 7.15. The Morgan fingerprint density at radius 2 is 1.82 bits per heavy atom. The molecule has 3 rings (SSSR count). The van der Waals surface area contributed by atoms with E-state index in [-0.39, 0.29) is 0 Å². The number of rotatable bonds is 6. The fourth-order valence-electron chi connectivity index (χ4n) is 1.98. The number of hydrogen-bond acceptors (Lipinski definition) is 5. The zero-order valence-corrected chi connectivity index (χ0v) is 13.0. The van der Waals surface area contributed by atoms with Gasteiger partial charge < -0.3 is 9.47 Å². The van der Waals surface area contributed by atoms with Gasteiger partial charge in [-0.3, -0.25) is 4.98 Å². The number of pyridine rings is 1. The molecular formula is C17H16N2O2S. The summed E-state index contributed by atoms with van der Waals surface area (Å²) in [6, 6.07) is 13.7. The summed E-state index contributed by atoms with van der Waals surface area (Å²) in [5.41, 5.74) is 2.95. The Bertz CT molecular complexity index is 711. The minimum Gasteiger partial charge on any atom is -0.497 e. The Labute approximate surface area is 133 Å². The Hall–Kier alpha value is -2.24. The maximum atomic E-state index is 5.65. The molecule has 0 spiro atoms. The van der Waals surface area contributed by atoms with E-state index in [4.69, 9.17) is 9.47 Å². The summed E-state index contributed by atoms with van der Waals surface area (Å²) in [5, 5.41) is 3.01. The van der Waals surface area contributed by atoms with Crippen LogP contribution in [0.3, 0.4) is 0 Å². The topological polar surface area (TPSA) is 44.2 Å². The number of methoxy groups -OCH3 is 1. The number of ether oxygens (including phenoxy) is 2. The lowest BCUT2D eigenvalue weighted by Crippen LogP contribution is -1.96. The summed E-state index contributed by atoms with van der Waals surface area (Å²) in [4.78, 5) is 8.82. The molecular weight excluding hydrogens is 296 g/mol. The zero-order chi connectivity index (χ0) is 15.2. The first-order valence-corrected chi connectivity index (χ1v) is 7.79. The summed E-state index contributed by atoms with van der Waals surface area (Å²) in [6.07, 6.45) is 1.77. The van der Waals surface area contributed by atoms with Crippen molar-refractivity contribution in [1.82, 2.24) is 9.97 Å². The van der Waals surface area contributed by atoms with Crippen molar-refractivity contribution in [1.29, 1.82) is 0 Å². The summed E-state index contributed by atoms with van der Waals surface area (Å²) < 4.78 is 10.8. The van der Waals surface area contributed by atoms with Crippen LogP contribution in [0.25, 0.3) is 10.6 Å². The molecule has 112 valence electrons. The van der Waals surface area contributed by atoms with E-state index in [1.807, 2.05) is 47.8 Å². The number of thiazole rings is 1. The Morgan fingerprint density at radius 1 is 1.00 bits per heavy atom. The average Bonchev–Trinajstić information content (AvgIpc) is 3.05. The third-order valence-electron chi connectivity index (χ3n) is 3.11. The first-order chi connectivity index (χ1) is 10.8. The predicted molar refractivity (Wildman–Crippen MR) is 86.8 cm³/mol. The van der Waals surface area contributed by atoms with Gasteiger partial charge in [-0.2, -0.15) is 0 Å². The maximum Gasteiger partial charge on any atom is 0.123 e. The van der Waals surface area contributed by atoms with E-state index in [2.05, 4.69) is 9.97 Å². The minimum absolute atomic E-state index is 0.489. The number of aromatic nitrogens is 2. The van der Waals surface area contributed by atoms with E-state index in [1.54, 1.807) is 24.6 Å². The minimum atomic E-state index is 0.489. The number of nitrogens with zero attached hydrogens (tertiary/aromatic N) is 2. The van der Waals surface area contributed by atoms with E-state index in [0.717, 1.165) is 27.7 Å². The Balaban J connectivity index is 1.58. The van der Waals surface area contributed by atoms with Crippen molar-refractivity contribution in [3.8, 4) is 16.3 Å². The smallest absolute Gasteiger partial charge is 0.123 e. The van der Waals surface area contributed by atoms with Crippen molar-refractivity contribution in [2.45, 2.75) is 13.2 Å². The van der Waals surface area contributed by atoms with Gasteiger partial charge in [0, 0.05) is 17.1 Å². The van der Waals surface area contributed by atoms with Gasteiger partial charge in [0.2, 0.25) is 0 Å². The molecule has 3 aromatic rings. The van der Waals surface area contributed by atoms with E-state index in [0.29, 0.717) is 13.2 Å². The van der Waals surface area contributed by atoms with E-state index >= 15 is 0 Å². The quantitative estimate of drug-likeness (QED) is 0.692. The molecule has 0 bridgehead atoms. The molecule has 0 saturated heterocycles. The van der Waals surface area contributed by atoms with E-state index in [9.17, 15) is 0 Å². The largest absolute Gasteiger partial charge is 0.497 e. The van der Waals surface area contributed by atoms with Crippen LogP contribution in [0.2, 0.25) is 0 Å². The van der Waals surface area contributed by atoms with Gasteiger partial charge in [0.25, 0.3) is 0 Å². The molecule has 0 aliphatic heterocycles. The monoisotopic (exact) mass is 312 g/mol. The summed E-state index contributed by atoms with van der Waals surface area (Å²) >= 11 is 1.61. The third-order valence-corrected chi connectivity index (χ3v) is 4.05. The molecule has 0 aliphatic rings. The third kappa shape index (κ3) is 3.69. The van der Waals surface area contributed by atoms with Crippen LogP contribution < -0.4 is 4.74 Å². The first kappa shape index (κ1) is 14.7. The van der Waals surface area contributed by atoms with Gasteiger partial charge >= 0.3 is 0 Å². The highest BCUT2D eigenvalue weighted by atomic mass is 32.1. The molecule has 0 N–H and O–H groups in total. The second-order valence-corrected chi connectivity index (χ2v) is 5.54. The fraction of sp³-hybridized carbons (Fsp3) is 0.176. The van der Waals surface area contributed by atoms with Crippen LogP contribution in [-0.2, 0) is 18.0 Å². The molecule has 22 heavy (non-hydrogen) atoms. The molecule has 4 nitrogen and oxygen atoms in total. The highest BCUT2D eigenvalue weighted by Crippen LogP contribution is 2.25. The average molecular weight is 312 g/mol. The van der Waals surface area contributed by atoms with E-state index in [1.165, 1.54) is 0 Å². The predicted octanol–water partition coefficient (Wildman–Crippen LogP) is 3.93. The van der Waals surface area contributed by atoms with Gasteiger partial charge in [-0.25, -0.2) is 4.98 Å². The Kier molecular flexibility index (Phi) is 4.78.